The monoisotopic (exact) mass is 277 g/mol. The quantitative estimate of drug-likeness (QED) is 0.886. The van der Waals surface area contributed by atoms with E-state index in [2.05, 4.69) is 21.7 Å². The number of hydrogen-bond donors (Lipinski definition) is 2. The average Bonchev–Trinajstić information content (AvgIpc) is 2.83. The van der Waals surface area contributed by atoms with Gasteiger partial charge in [-0.15, -0.1) is 0 Å². The van der Waals surface area contributed by atoms with Gasteiger partial charge in [0.25, 0.3) is 0 Å². The van der Waals surface area contributed by atoms with Crippen molar-refractivity contribution in [3.8, 4) is 0 Å². The first kappa shape index (κ1) is 14.8. The number of carbonyl (C=O) groups is 1. The Hall–Kier alpha value is -1.62. The molecule has 0 saturated carbocycles. The Kier molecular flexibility index (Phi) is 4.60. The third-order valence-electron chi connectivity index (χ3n) is 3.36. The molecule has 0 bridgehead atoms. The van der Waals surface area contributed by atoms with Crippen LogP contribution < -0.4 is 10.6 Å². The van der Waals surface area contributed by atoms with Crippen molar-refractivity contribution in [1.29, 1.82) is 0 Å². The molecule has 1 amide bonds. The molecule has 1 fully saturated rings. The van der Waals surface area contributed by atoms with Crippen LogP contribution >= 0.6 is 0 Å². The van der Waals surface area contributed by atoms with Crippen LogP contribution in [0.4, 0.5) is 4.79 Å². The molecule has 2 heterocycles. The number of alkyl carbamates (subject to hydrolysis) is 1. The summed E-state index contributed by atoms with van der Waals surface area (Å²) < 4.78 is 5.26. The predicted octanol–water partition coefficient (Wildman–Crippen LogP) is 1.91. The molecule has 0 spiro atoms. The highest BCUT2D eigenvalue weighted by atomic mass is 16.6. The molecule has 2 unspecified atom stereocenters. The topological polar surface area (TPSA) is 63.2 Å². The molecule has 5 nitrogen and oxygen atoms in total. The van der Waals surface area contributed by atoms with Gasteiger partial charge in [0.05, 0.1) is 0 Å². The van der Waals surface area contributed by atoms with Crippen LogP contribution in [-0.2, 0) is 4.74 Å². The lowest BCUT2D eigenvalue weighted by Gasteiger charge is -2.22. The first-order valence-corrected chi connectivity index (χ1v) is 7.03. The standard InChI is InChI=1S/C15H23N3O2/c1-15(2,3)20-14(19)18-9-12-8-17-10-13(12)11-5-4-6-16-7-11/h4-7,12-13,17H,8-10H2,1-3H3,(H,18,19). The Morgan fingerprint density at radius 1 is 1.50 bits per heavy atom. The van der Waals surface area contributed by atoms with Gasteiger partial charge < -0.3 is 15.4 Å². The van der Waals surface area contributed by atoms with E-state index in [-0.39, 0.29) is 6.09 Å². The average molecular weight is 277 g/mol. The Morgan fingerprint density at radius 2 is 2.30 bits per heavy atom. The molecule has 0 radical (unpaired) electrons. The Labute approximate surface area is 120 Å². The van der Waals surface area contributed by atoms with Crippen LogP contribution in [0.5, 0.6) is 0 Å². The van der Waals surface area contributed by atoms with Crippen LogP contribution in [0.2, 0.25) is 0 Å². The summed E-state index contributed by atoms with van der Waals surface area (Å²) in [5.41, 5.74) is 0.759. The molecule has 1 aliphatic rings. The fourth-order valence-corrected chi connectivity index (χ4v) is 2.46. The number of amides is 1. The minimum atomic E-state index is -0.458. The summed E-state index contributed by atoms with van der Waals surface area (Å²) in [6.45, 7) is 8.02. The number of nitrogens with one attached hydrogen (secondary N) is 2. The van der Waals surface area contributed by atoms with Gasteiger partial charge in [-0.05, 0) is 38.3 Å². The summed E-state index contributed by atoms with van der Waals surface area (Å²) >= 11 is 0. The number of ether oxygens (including phenoxy) is 1. The lowest BCUT2D eigenvalue weighted by atomic mass is 9.90. The van der Waals surface area contributed by atoms with Gasteiger partial charge in [-0.3, -0.25) is 4.98 Å². The maximum atomic E-state index is 11.7. The van der Waals surface area contributed by atoms with Gasteiger partial charge in [-0.2, -0.15) is 0 Å². The van der Waals surface area contributed by atoms with Crippen molar-refractivity contribution in [1.82, 2.24) is 15.6 Å². The van der Waals surface area contributed by atoms with Crippen molar-refractivity contribution in [3.63, 3.8) is 0 Å². The number of rotatable bonds is 3. The molecule has 20 heavy (non-hydrogen) atoms. The van der Waals surface area contributed by atoms with E-state index in [9.17, 15) is 4.79 Å². The fourth-order valence-electron chi connectivity index (χ4n) is 2.46. The highest BCUT2D eigenvalue weighted by Gasteiger charge is 2.29. The van der Waals surface area contributed by atoms with Gasteiger partial charge in [0, 0.05) is 37.9 Å². The van der Waals surface area contributed by atoms with Gasteiger partial charge >= 0.3 is 6.09 Å². The zero-order valence-electron chi connectivity index (χ0n) is 12.3. The molecular formula is C15H23N3O2. The summed E-state index contributed by atoms with van der Waals surface area (Å²) in [6.07, 6.45) is 3.33. The maximum Gasteiger partial charge on any atom is 0.407 e. The normalized spacial score (nSPS) is 22.6. The molecule has 1 aromatic rings. The summed E-state index contributed by atoms with van der Waals surface area (Å²) in [5.74, 6) is 0.755. The van der Waals surface area contributed by atoms with E-state index in [1.807, 2.05) is 33.0 Å². The lowest BCUT2D eigenvalue weighted by molar-refractivity contribution is 0.0519. The summed E-state index contributed by atoms with van der Waals surface area (Å²) in [4.78, 5) is 15.9. The van der Waals surface area contributed by atoms with Crippen molar-refractivity contribution in [3.05, 3.63) is 30.1 Å². The minimum absolute atomic E-state index is 0.352. The first-order valence-electron chi connectivity index (χ1n) is 7.03. The molecule has 1 aromatic heterocycles. The predicted molar refractivity (Wildman–Crippen MR) is 77.6 cm³/mol. The van der Waals surface area contributed by atoms with Crippen LogP contribution in [-0.4, -0.2) is 36.3 Å². The lowest BCUT2D eigenvalue weighted by Crippen LogP contribution is -2.36. The van der Waals surface area contributed by atoms with E-state index in [4.69, 9.17) is 4.74 Å². The molecule has 1 aliphatic heterocycles. The highest BCUT2D eigenvalue weighted by Crippen LogP contribution is 2.26. The summed E-state index contributed by atoms with van der Waals surface area (Å²) in [7, 11) is 0. The van der Waals surface area contributed by atoms with Gasteiger partial charge in [-0.25, -0.2) is 4.79 Å². The largest absolute Gasteiger partial charge is 0.444 e. The van der Waals surface area contributed by atoms with Gasteiger partial charge in [0.1, 0.15) is 5.60 Å². The van der Waals surface area contributed by atoms with E-state index in [0.29, 0.717) is 18.4 Å². The second-order valence-electron chi connectivity index (χ2n) is 6.19. The van der Waals surface area contributed by atoms with Crippen LogP contribution in [0.15, 0.2) is 24.5 Å². The van der Waals surface area contributed by atoms with Crippen molar-refractivity contribution >= 4 is 6.09 Å². The van der Waals surface area contributed by atoms with Crippen LogP contribution in [0.3, 0.4) is 0 Å². The molecule has 110 valence electrons. The number of nitrogens with zero attached hydrogens (tertiary/aromatic N) is 1. The molecule has 2 rings (SSSR count). The SMILES string of the molecule is CC(C)(C)OC(=O)NCC1CNCC1c1cccnc1. The summed E-state index contributed by atoms with van der Waals surface area (Å²) in [6, 6.07) is 4.04. The molecule has 0 aliphatic carbocycles. The number of aromatic nitrogens is 1. The second-order valence-corrected chi connectivity index (χ2v) is 6.19. The molecular weight excluding hydrogens is 254 g/mol. The van der Waals surface area contributed by atoms with Crippen molar-refractivity contribution in [2.75, 3.05) is 19.6 Å². The Balaban J connectivity index is 1.88. The highest BCUT2D eigenvalue weighted by molar-refractivity contribution is 5.67. The van der Waals surface area contributed by atoms with E-state index in [1.54, 1.807) is 6.20 Å². The van der Waals surface area contributed by atoms with E-state index in [0.717, 1.165) is 13.1 Å². The molecule has 2 N–H and O–H groups in total. The summed E-state index contributed by atoms with van der Waals surface area (Å²) in [5, 5.41) is 6.23. The zero-order chi connectivity index (χ0) is 14.6. The van der Waals surface area contributed by atoms with Gasteiger partial charge in [-0.1, -0.05) is 6.07 Å². The van der Waals surface area contributed by atoms with Crippen molar-refractivity contribution in [2.45, 2.75) is 32.3 Å². The smallest absolute Gasteiger partial charge is 0.407 e. The molecule has 1 saturated heterocycles. The molecule has 2 atom stereocenters. The number of hydrogen-bond acceptors (Lipinski definition) is 4. The van der Waals surface area contributed by atoms with Crippen molar-refractivity contribution < 1.29 is 9.53 Å². The third kappa shape index (κ3) is 4.20. The molecule has 5 heteroatoms. The number of pyridine rings is 1. The van der Waals surface area contributed by atoms with Gasteiger partial charge in [0.2, 0.25) is 0 Å². The first-order chi connectivity index (χ1) is 9.46. The zero-order valence-corrected chi connectivity index (χ0v) is 12.3. The Bertz CT molecular complexity index is 442. The van der Waals surface area contributed by atoms with E-state index < -0.39 is 5.60 Å². The molecule has 0 aromatic carbocycles. The fraction of sp³-hybridized carbons (Fsp3) is 0.600. The van der Waals surface area contributed by atoms with Crippen LogP contribution in [0.25, 0.3) is 0 Å². The van der Waals surface area contributed by atoms with Crippen molar-refractivity contribution in [2.24, 2.45) is 5.92 Å². The minimum Gasteiger partial charge on any atom is -0.444 e. The van der Waals surface area contributed by atoms with Crippen LogP contribution in [0, 0.1) is 5.92 Å². The van der Waals surface area contributed by atoms with Crippen LogP contribution in [0.1, 0.15) is 32.3 Å². The van der Waals surface area contributed by atoms with E-state index >= 15 is 0 Å². The Morgan fingerprint density at radius 3 is 2.95 bits per heavy atom. The van der Waals surface area contributed by atoms with E-state index in [1.165, 1.54) is 5.56 Å². The maximum absolute atomic E-state index is 11.7. The second kappa shape index (κ2) is 6.22. The van der Waals surface area contributed by atoms with Gasteiger partial charge in [0.15, 0.2) is 0 Å². The number of carbonyl (C=O) groups excluding carboxylic acids is 1. The third-order valence-corrected chi connectivity index (χ3v) is 3.36.